The SMILES string of the molecule is c1ccc(-c2ccccc2C2CS2)cc1. The van der Waals surface area contributed by atoms with E-state index in [9.17, 15) is 0 Å². The van der Waals surface area contributed by atoms with Crippen molar-refractivity contribution in [3.8, 4) is 11.1 Å². The van der Waals surface area contributed by atoms with Gasteiger partial charge in [-0.2, -0.15) is 11.8 Å². The Morgan fingerprint density at radius 1 is 0.867 bits per heavy atom. The summed E-state index contributed by atoms with van der Waals surface area (Å²) in [6.45, 7) is 0. The molecule has 1 saturated heterocycles. The van der Waals surface area contributed by atoms with Gasteiger partial charge in [-0.25, -0.2) is 0 Å². The molecule has 3 rings (SSSR count). The highest BCUT2D eigenvalue weighted by atomic mass is 32.2. The Morgan fingerprint density at radius 2 is 1.53 bits per heavy atom. The monoisotopic (exact) mass is 212 g/mol. The van der Waals surface area contributed by atoms with Crippen molar-refractivity contribution in [2.75, 3.05) is 5.75 Å². The average molecular weight is 212 g/mol. The van der Waals surface area contributed by atoms with Gasteiger partial charge in [0.25, 0.3) is 0 Å². The van der Waals surface area contributed by atoms with E-state index in [4.69, 9.17) is 0 Å². The van der Waals surface area contributed by atoms with Crippen molar-refractivity contribution in [2.24, 2.45) is 0 Å². The van der Waals surface area contributed by atoms with Gasteiger partial charge in [-0.15, -0.1) is 0 Å². The minimum atomic E-state index is 0.737. The number of hydrogen-bond acceptors (Lipinski definition) is 1. The molecule has 0 nitrogen and oxygen atoms in total. The van der Waals surface area contributed by atoms with Crippen LogP contribution in [0.1, 0.15) is 10.8 Å². The molecule has 0 N–H and O–H groups in total. The van der Waals surface area contributed by atoms with Crippen LogP contribution in [0.2, 0.25) is 0 Å². The van der Waals surface area contributed by atoms with E-state index in [2.05, 4.69) is 54.6 Å². The summed E-state index contributed by atoms with van der Waals surface area (Å²) < 4.78 is 0. The van der Waals surface area contributed by atoms with Crippen LogP contribution in [0.5, 0.6) is 0 Å². The van der Waals surface area contributed by atoms with Crippen LogP contribution in [0, 0.1) is 0 Å². The van der Waals surface area contributed by atoms with Crippen LogP contribution in [-0.4, -0.2) is 5.75 Å². The van der Waals surface area contributed by atoms with Crippen molar-refractivity contribution in [2.45, 2.75) is 5.25 Å². The molecule has 0 bridgehead atoms. The maximum Gasteiger partial charge on any atom is 0.0394 e. The van der Waals surface area contributed by atoms with E-state index in [1.807, 2.05) is 11.8 Å². The first-order valence-electron chi connectivity index (χ1n) is 5.21. The van der Waals surface area contributed by atoms with Gasteiger partial charge < -0.3 is 0 Å². The largest absolute Gasteiger partial charge is 0.151 e. The molecule has 0 spiro atoms. The molecule has 2 aromatic carbocycles. The van der Waals surface area contributed by atoms with Gasteiger partial charge >= 0.3 is 0 Å². The predicted octanol–water partition coefficient (Wildman–Crippen LogP) is 4.14. The Bertz CT molecular complexity index is 458. The second kappa shape index (κ2) is 3.74. The van der Waals surface area contributed by atoms with Gasteiger partial charge in [0.1, 0.15) is 0 Å². The van der Waals surface area contributed by atoms with E-state index in [-0.39, 0.29) is 0 Å². The van der Waals surface area contributed by atoms with Gasteiger partial charge in [0.2, 0.25) is 0 Å². The third kappa shape index (κ3) is 1.80. The van der Waals surface area contributed by atoms with Crippen molar-refractivity contribution < 1.29 is 0 Å². The molecule has 1 atom stereocenters. The fourth-order valence-corrected chi connectivity index (χ4v) is 2.55. The Hall–Kier alpha value is -1.21. The van der Waals surface area contributed by atoms with E-state index < -0.39 is 0 Å². The van der Waals surface area contributed by atoms with Crippen molar-refractivity contribution >= 4 is 11.8 Å². The summed E-state index contributed by atoms with van der Waals surface area (Å²) in [7, 11) is 0. The summed E-state index contributed by atoms with van der Waals surface area (Å²) in [5, 5.41) is 0.737. The predicted molar refractivity (Wildman–Crippen MR) is 67.1 cm³/mol. The van der Waals surface area contributed by atoms with Crippen molar-refractivity contribution in [3.63, 3.8) is 0 Å². The first kappa shape index (κ1) is 9.05. The lowest BCUT2D eigenvalue weighted by Gasteiger charge is -2.07. The molecule has 1 unspecified atom stereocenters. The molecule has 0 aromatic heterocycles. The summed E-state index contributed by atoms with van der Waals surface area (Å²) in [5.74, 6) is 1.28. The van der Waals surface area contributed by atoms with Gasteiger partial charge in [-0.05, 0) is 16.7 Å². The van der Waals surface area contributed by atoms with E-state index in [1.54, 1.807) is 0 Å². The molecule has 2 aromatic rings. The van der Waals surface area contributed by atoms with E-state index in [0.29, 0.717) is 0 Å². The zero-order valence-electron chi connectivity index (χ0n) is 8.39. The normalized spacial score (nSPS) is 18.8. The van der Waals surface area contributed by atoms with E-state index in [1.165, 1.54) is 22.4 Å². The van der Waals surface area contributed by atoms with Gasteiger partial charge in [0.15, 0.2) is 0 Å². The molecule has 74 valence electrons. The minimum absolute atomic E-state index is 0.737. The molecule has 1 fully saturated rings. The summed E-state index contributed by atoms with van der Waals surface area (Å²) in [5.41, 5.74) is 4.22. The van der Waals surface area contributed by atoms with Gasteiger partial charge in [-0.3, -0.25) is 0 Å². The Labute approximate surface area is 94.3 Å². The smallest absolute Gasteiger partial charge is 0.0394 e. The van der Waals surface area contributed by atoms with E-state index >= 15 is 0 Å². The second-order valence-electron chi connectivity index (χ2n) is 3.78. The maximum absolute atomic E-state index is 2.26. The highest BCUT2D eigenvalue weighted by Gasteiger charge is 2.26. The summed E-state index contributed by atoms with van der Waals surface area (Å²) in [6, 6.07) is 19.4. The summed E-state index contributed by atoms with van der Waals surface area (Å²) in [6.07, 6.45) is 0. The lowest BCUT2D eigenvalue weighted by Crippen LogP contribution is -1.86. The molecule has 1 aliphatic rings. The molecule has 1 aliphatic heterocycles. The molecule has 0 radical (unpaired) electrons. The Balaban J connectivity index is 2.11. The number of rotatable bonds is 2. The number of benzene rings is 2. The van der Waals surface area contributed by atoms with Crippen LogP contribution < -0.4 is 0 Å². The molecule has 0 aliphatic carbocycles. The Kier molecular flexibility index (Phi) is 2.26. The Morgan fingerprint density at radius 3 is 2.27 bits per heavy atom. The first-order valence-corrected chi connectivity index (χ1v) is 6.26. The molecular formula is C14H12S. The third-order valence-corrected chi connectivity index (χ3v) is 3.65. The van der Waals surface area contributed by atoms with Crippen LogP contribution in [0.3, 0.4) is 0 Å². The molecule has 1 heteroatoms. The summed E-state index contributed by atoms with van der Waals surface area (Å²) >= 11 is 2.03. The van der Waals surface area contributed by atoms with Crippen LogP contribution in [0.25, 0.3) is 11.1 Å². The van der Waals surface area contributed by atoms with Gasteiger partial charge in [0.05, 0.1) is 0 Å². The van der Waals surface area contributed by atoms with E-state index in [0.717, 1.165) is 5.25 Å². The lowest BCUT2D eigenvalue weighted by atomic mass is 9.98. The van der Waals surface area contributed by atoms with Crippen LogP contribution in [0.15, 0.2) is 54.6 Å². The molecule has 0 saturated carbocycles. The van der Waals surface area contributed by atoms with Crippen LogP contribution >= 0.6 is 11.8 Å². The van der Waals surface area contributed by atoms with Crippen LogP contribution in [0.4, 0.5) is 0 Å². The lowest BCUT2D eigenvalue weighted by molar-refractivity contribution is 1.23. The highest BCUT2D eigenvalue weighted by Crippen LogP contribution is 2.49. The fourth-order valence-electron chi connectivity index (χ4n) is 1.89. The molecule has 1 heterocycles. The number of hydrogen-bond donors (Lipinski definition) is 0. The van der Waals surface area contributed by atoms with Gasteiger partial charge in [0, 0.05) is 11.0 Å². The van der Waals surface area contributed by atoms with Crippen LogP contribution in [-0.2, 0) is 0 Å². The van der Waals surface area contributed by atoms with Crippen molar-refractivity contribution in [1.82, 2.24) is 0 Å². The number of thioether (sulfide) groups is 1. The fraction of sp³-hybridized carbons (Fsp3) is 0.143. The van der Waals surface area contributed by atoms with Crippen molar-refractivity contribution in [1.29, 1.82) is 0 Å². The highest BCUT2D eigenvalue weighted by molar-refractivity contribution is 8.06. The van der Waals surface area contributed by atoms with Crippen molar-refractivity contribution in [3.05, 3.63) is 60.2 Å². The zero-order chi connectivity index (χ0) is 10.1. The molecule has 15 heavy (non-hydrogen) atoms. The maximum atomic E-state index is 2.26. The second-order valence-corrected chi connectivity index (χ2v) is 5.01. The molecular weight excluding hydrogens is 200 g/mol. The minimum Gasteiger partial charge on any atom is -0.151 e. The first-order chi connectivity index (χ1) is 7.45. The van der Waals surface area contributed by atoms with Gasteiger partial charge in [-0.1, -0.05) is 54.6 Å². The quantitative estimate of drug-likeness (QED) is 0.674. The molecule has 0 amide bonds. The standard InChI is InChI=1S/C14H12S/c1-2-6-11(7-3-1)12-8-4-5-9-13(12)14-10-15-14/h1-9,14H,10H2. The summed E-state index contributed by atoms with van der Waals surface area (Å²) in [4.78, 5) is 0. The zero-order valence-corrected chi connectivity index (χ0v) is 9.21. The third-order valence-electron chi connectivity index (χ3n) is 2.73. The topological polar surface area (TPSA) is 0 Å². The average Bonchev–Trinajstić information content (AvgIpc) is 3.14.